The third-order valence-corrected chi connectivity index (χ3v) is 24.7. The Morgan fingerprint density at radius 1 is 0.511 bits per heavy atom. The number of carbonyl (C=O) groups is 17. The van der Waals surface area contributed by atoms with Crippen molar-refractivity contribution in [1.29, 1.82) is 0 Å². The number of hydrogen-bond acceptors (Lipinski definition) is 21. The molecule has 15 amide bonds. The lowest BCUT2D eigenvalue weighted by atomic mass is 9.98. The van der Waals surface area contributed by atoms with Crippen LogP contribution in [-0.2, 0) is 114 Å². The van der Waals surface area contributed by atoms with Crippen LogP contribution in [0, 0.1) is 29.3 Å². The predicted octanol–water partition coefficient (Wildman–Crippen LogP) is 0.667. The SMILES string of the molecule is CCCC[C@H]1C(=O)N2C[C@@H](O)C[C@@H]2C(=O)N[C@@H](CC(=O)O)C(=O)N[C@@H](C(C)C)C(=O)N(C)[C@H](Cc2ccccc2)C(=O)N[C@@H](CCC(=O)O)C(=O)N2C[C@H](O)C[C@@H]2C(=O)N[C@@H](Cc2c[nH]c3ccccc23)C(=O)N[C@@H](Cc2ccc(O)cc2)C(=O)N[C@H](CC(C)C)C(=O)N[C@H](C(=O)NCC(N)=O)CSCC(=O)N[C@H](Cc2cc(F)c(F)c(F)c2)C(=O)N(C)[C@@H](Cc2ccccc2)C(=O)N1C. The number of phenolic OH excluding ortho intramolecular Hbond substituents is 1. The molecule has 3 saturated heterocycles. The number of carboxylic acid groups (broad SMARTS) is 2. The number of aliphatic carboxylic acids is 2. The molecule has 135 heavy (non-hydrogen) atoms. The van der Waals surface area contributed by atoms with Crippen molar-refractivity contribution < 1.29 is 120 Å². The molecule has 0 radical (unpaired) electrons. The number of unbranched alkanes of at least 4 members (excludes halogenated alkanes) is 1. The van der Waals surface area contributed by atoms with E-state index in [-0.39, 0.29) is 44.3 Å². The first-order chi connectivity index (χ1) is 64.0. The first kappa shape index (κ1) is 105. The zero-order valence-electron chi connectivity index (χ0n) is 75.9. The van der Waals surface area contributed by atoms with Crippen LogP contribution in [0.1, 0.15) is 120 Å². The number of carbonyl (C=O) groups excluding carboxylic acids is 15. The Morgan fingerprint density at radius 3 is 1.59 bits per heavy atom. The van der Waals surface area contributed by atoms with Gasteiger partial charge in [-0.2, -0.15) is 0 Å². The van der Waals surface area contributed by atoms with Crippen molar-refractivity contribution in [2.45, 2.75) is 215 Å². The highest BCUT2D eigenvalue weighted by Gasteiger charge is 2.48. The van der Waals surface area contributed by atoms with Gasteiger partial charge in [-0.15, -0.1) is 11.8 Å². The van der Waals surface area contributed by atoms with Gasteiger partial charge in [0.15, 0.2) is 17.5 Å². The molecule has 9 rings (SSSR count). The van der Waals surface area contributed by atoms with E-state index >= 15 is 56.7 Å². The molecular weight excluding hydrogens is 1780 g/mol. The minimum absolute atomic E-state index is 0.150. The summed E-state index contributed by atoms with van der Waals surface area (Å²) < 4.78 is 45.1. The average molecular weight is 1900 g/mol. The number of aromatic amines is 1. The molecule has 3 aliphatic heterocycles. The smallest absolute Gasteiger partial charge is 0.305 e. The lowest BCUT2D eigenvalue weighted by Crippen LogP contribution is -2.62. The number of nitrogens with zero attached hydrogens (tertiary/aromatic N) is 5. The Balaban J connectivity index is 1.15. The first-order valence-corrected chi connectivity index (χ1v) is 45.5. The van der Waals surface area contributed by atoms with Crippen molar-refractivity contribution in [2.75, 3.05) is 52.3 Å². The van der Waals surface area contributed by atoms with Crippen LogP contribution in [-0.4, -0.2) is 299 Å². The minimum Gasteiger partial charge on any atom is -0.508 e. The topological polar surface area (TPSA) is 558 Å². The molecule has 15 atom stereocenters. The summed E-state index contributed by atoms with van der Waals surface area (Å²) in [5.74, 6) is -27.5. The number of aromatic hydroxyl groups is 1. The standard InChI is InChI=1S/C93H117F3N16O22S/c1-9-10-25-70-92(133)112-46-58(115)41-73(112)88(129)105-67(42-78(120)121)85(126)107-80(50(4)5)93(134)109(7)71(37-51-19-13-11-14-20-51)86(127)101-63(30-31-77(118)119)90(131)111-45-57(114)40-72(111)87(128)104-66(39-55-43-98-62-24-18-17-23-59(55)62)84(125)103-65(35-53-26-28-56(113)29-27-53)83(124)102-64(32-49(2)3)82(123)106-69(81(122)99-44-75(97)116)47-135-48-76(117)100-68(36-54-33-60(94)79(96)61(95)34-54)89(130)110(8)74(91(132)108(70)6)38-52-21-15-12-16-22-52/h11-24,26-29,33-34,43,49-50,57-58,63-74,80,98,113-115H,9-10,25,30-32,35-42,44-48H2,1-8H3,(H2,97,116)(H,99,122)(H,100,117)(H,101,127)(H,102,124)(H,103,125)(H,104,128)(H,105,129)(H,106,123)(H,107,126)(H,118,119)(H,120,121)/t57-,58+,63+,64-,65+,66+,67+,68-,69+,70+,71-,72-,73-,74+,80+/m1/s1. The van der Waals surface area contributed by atoms with E-state index in [4.69, 9.17) is 5.73 Å². The number of thioether (sulfide) groups is 1. The zero-order chi connectivity index (χ0) is 98.9. The highest BCUT2D eigenvalue weighted by molar-refractivity contribution is 8.00. The second-order valence-corrected chi connectivity index (χ2v) is 35.8. The third kappa shape index (κ3) is 29.2. The zero-order valence-corrected chi connectivity index (χ0v) is 76.7. The molecule has 1 aromatic heterocycles. The molecule has 5 aromatic carbocycles. The van der Waals surface area contributed by atoms with E-state index in [1.165, 1.54) is 52.2 Å². The van der Waals surface area contributed by atoms with Gasteiger partial charge in [-0.1, -0.05) is 138 Å². The van der Waals surface area contributed by atoms with E-state index in [0.717, 1.165) is 31.5 Å². The van der Waals surface area contributed by atoms with Gasteiger partial charge >= 0.3 is 11.9 Å². The maximum Gasteiger partial charge on any atom is 0.305 e. The van der Waals surface area contributed by atoms with Crippen LogP contribution in [0.4, 0.5) is 13.2 Å². The van der Waals surface area contributed by atoms with Crippen LogP contribution in [0.2, 0.25) is 0 Å². The van der Waals surface area contributed by atoms with Gasteiger partial charge < -0.3 is 109 Å². The van der Waals surface area contributed by atoms with E-state index in [0.29, 0.717) is 63.5 Å². The summed E-state index contributed by atoms with van der Waals surface area (Å²) in [5.41, 5.74) is 7.16. The first-order valence-electron chi connectivity index (χ1n) is 44.3. The molecule has 3 aliphatic rings. The second kappa shape index (κ2) is 48.9. The lowest BCUT2D eigenvalue weighted by Gasteiger charge is -2.38. The summed E-state index contributed by atoms with van der Waals surface area (Å²) in [5, 5.41) is 77.3. The fourth-order valence-corrected chi connectivity index (χ4v) is 17.3. The highest BCUT2D eigenvalue weighted by Crippen LogP contribution is 2.29. The lowest BCUT2D eigenvalue weighted by molar-refractivity contribution is -0.152. The van der Waals surface area contributed by atoms with Crippen molar-refractivity contribution in [3.8, 4) is 5.75 Å². The number of primary amides is 1. The number of rotatable bonds is 24. The van der Waals surface area contributed by atoms with Crippen LogP contribution in [0.15, 0.2) is 128 Å². The number of H-pyrrole nitrogens is 1. The third-order valence-electron chi connectivity index (χ3n) is 23.7. The van der Waals surface area contributed by atoms with E-state index < -0.39 is 302 Å². The van der Waals surface area contributed by atoms with Crippen molar-refractivity contribution in [2.24, 2.45) is 17.6 Å². The van der Waals surface area contributed by atoms with Gasteiger partial charge in [0, 0.05) is 108 Å². The largest absolute Gasteiger partial charge is 0.508 e. The van der Waals surface area contributed by atoms with Crippen LogP contribution in [0.25, 0.3) is 10.9 Å². The minimum atomic E-state index is -2.08. The van der Waals surface area contributed by atoms with Gasteiger partial charge in [-0.05, 0) is 89.2 Å². The number of aromatic nitrogens is 1. The van der Waals surface area contributed by atoms with Gasteiger partial charge in [-0.3, -0.25) is 81.5 Å². The molecule has 17 N–H and O–H groups in total. The normalized spacial score (nSPS) is 24.5. The molecule has 0 saturated carbocycles. The molecule has 42 heteroatoms. The number of likely N-dealkylation sites (N-methyl/N-ethyl adjacent to an activating group) is 3. The average Bonchev–Trinajstić information content (AvgIpc) is 1.68. The summed E-state index contributed by atoms with van der Waals surface area (Å²) in [6.45, 7) is 6.06. The van der Waals surface area contributed by atoms with Gasteiger partial charge in [-0.25, -0.2) is 13.2 Å². The molecule has 6 aromatic rings. The number of aliphatic hydroxyl groups is 2. The van der Waals surface area contributed by atoms with Crippen LogP contribution >= 0.6 is 11.8 Å². The van der Waals surface area contributed by atoms with Gasteiger partial charge in [0.05, 0.1) is 30.9 Å². The van der Waals surface area contributed by atoms with Crippen LogP contribution < -0.4 is 53.6 Å². The summed E-state index contributed by atoms with van der Waals surface area (Å²) >= 11 is 0.640. The Kier molecular flexibility index (Phi) is 38.1. The molecule has 4 heterocycles. The Bertz CT molecular complexity index is 5270. The van der Waals surface area contributed by atoms with Crippen molar-refractivity contribution in [1.82, 2.24) is 77.3 Å². The van der Waals surface area contributed by atoms with Crippen LogP contribution in [0.5, 0.6) is 5.75 Å². The molecule has 0 bridgehead atoms. The number of amides is 15. The predicted molar refractivity (Wildman–Crippen MR) is 484 cm³/mol. The number of carboxylic acids is 2. The number of hydrogen-bond donors (Lipinski definition) is 16. The molecule has 0 spiro atoms. The fraction of sp³-hybridized carbons (Fsp3) is 0.473. The number of nitrogens with one attached hydrogen (secondary N) is 10. The summed E-state index contributed by atoms with van der Waals surface area (Å²) in [6.07, 6.45) is -7.15. The number of nitrogens with two attached hydrogens (primary N) is 1. The Morgan fingerprint density at radius 2 is 1.01 bits per heavy atom. The molecule has 3 fully saturated rings. The number of halogens is 3. The molecule has 0 unspecified atom stereocenters. The maximum absolute atomic E-state index is 15.7. The monoisotopic (exact) mass is 1900 g/mol. The maximum atomic E-state index is 15.7. The Labute approximate surface area is 780 Å². The van der Waals surface area contributed by atoms with Crippen molar-refractivity contribution in [3.63, 3.8) is 0 Å². The van der Waals surface area contributed by atoms with Crippen LogP contribution in [0.3, 0.4) is 0 Å². The Hall–Kier alpha value is -13.5. The second-order valence-electron chi connectivity index (χ2n) is 34.8. The fourth-order valence-electron chi connectivity index (χ4n) is 16.5. The quantitative estimate of drug-likeness (QED) is 0.0370. The van der Waals surface area contributed by atoms with Gasteiger partial charge in [0.25, 0.3) is 0 Å². The summed E-state index contributed by atoms with van der Waals surface area (Å²) in [7, 11) is 3.54. The van der Waals surface area contributed by atoms with E-state index in [1.54, 1.807) is 112 Å². The van der Waals surface area contributed by atoms with Crippen molar-refractivity contribution in [3.05, 3.63) is 173 Å². The van der Waals surface area contributed by atoms with E-state index in [1.807, 2.05) is 0 Å². The number of aliphatic hydroxyl groups excluding tert-OH is 2. The number of para-hydroxylation sites is 1. The highest BCUT2D eigenvalue weighted by atomic mass is 32.2. The van der Waals surface area contributed by atoms with E-state index in [2.05, 4.69) is 52.8 Å². The number of phenols is 1. The van der Waals surface area contributed by atoms with Gasteiger partial charge in [0.2, 0.25) is 88.6 Å². The van der Waals surface area contributed by atoms with E-state index in [9.17, 15) is 63.5 Å². The van der Waals surface area contributed by atoms with Gasteiger partial charge in [0.1, 0.15) is 84.3 Å². The summed E-state index contributed by atoms with van der Waals surface area (Å²) in [4.78, 5) is 258. The summed E-state index contributed by atoms with van der Waals surface area (Å²) in [6, 6.07) is 6.77. The number of fused-ring (bicyclic) bond motifs is 3. The molecule has 0 aliphatic carbocycles. The number of benzene rings is 5. The molecule has 728 valence electrons. The molecule has 38 nitrogen and oxygen atoms in total. The molecular formula is C93H117F3N16O22S. The van der Waals surface area contributed by atoms with Crippen molar-refractivity contribution >= 4 is 123 Å².